The van der Waals surface area contributed by atoms with E-state index >= 15 is 0 Å². The van der Waals surface area contributed by atoms with E-state index in [0.29, 0.717) is 0 Å². The van der Waals surface area contributed by atoms with E-state index in [1.807, 2.05) is 18.2 Å². The predicted octanol–water partition coefficient (Wildman–Crippen LogP) is 2.03. The lowest BCUT2D eigenvalue weighted by molar-refractivity contribution is -0.0276. The van der Waals surface area contributed by atoms with Crippen LogP contribution in [0.2, 0.25) is 0 Å². The number of nitrogens with two attached hydrogens (primary N) is 1. The quantitative estimate of drug-likeness (QED) is 0.827. The van der Waals surface area contributed by atoms with Gasteiger partial charge < -0.3 is 19.9 Å². The molecule has 0 saturated carbocycles. The molecule has 0 aromatic heterocycles. The summed E-state index contributed by atoms with van der Waals surface area (Å²) in [5.41, 5.74) is 7.07. The maximum atomic E-state index is 6.28. The zero-order chi connectivity index (χ0) is 12.8. The third-order valence-electron chi connectivity index (χ3n) is 4.13. The molecule has 0 radical (unpaired) electrons. The van der Waals surface area contributed by atoms with E-state index < -0.39 is 0 Å². The van der Waals surface area contributed by atoms with Gasteiger partial charge in [-0.1, -0.05) is 6.07 Å². The molecule has 2 heterocycles. The fourth-order valence-corrected chi connectivity index (χ4v) is 2.94. The zero-order valence-corrected chi connectivity index (χ0v) is 10.8. The second kappa shape index (κ2) is 4.14. The molecule has 1 saturated heterocycles. The number of rotatable bonds is 1. The standard InChI is InChI=1S/C14H19NO3/c1-9-14(5-6-17-9)8-12(15)11-4-3-10(16-2)7-13(11)18-14/h3-4,7,9,12H,5-6,8,15H2,1-2H3. The maximum Gasteiger partial charge on any atom is 0.139 e. The molecular formula is C14H19NO3. The van der Waals surface area contributed by atoms with E-state index in [9.17, 15) is 0 Å². The van der Waals surface area contributed by atoms with Crippen molar-refractivity contribution in [3.8, 4) is 11.5 Å². The molecule has 0 bridgehead atoms. The Kier molecular flexibility index (Phi) is 2.72. The van der Waals surface area contributed by atoms with Crippen molar-refractivity contribution < 1.29 is 14.2 Å². The van der Waals surface area contributed by atoms with Gasteiger partial charge in [0.15, 0.2) is 0 Å². The van der Waals surface area contributed by atoms with Gasteiger partial charge in [-0.05, 0) is 13.0 Å². The van der Waals surface area contributed by atoms with Crippen molar-refractivity contribution in [3.05, 3.63) is 23.8 Å². The van der Waals surface area contributed by atoms with Gasteiger partial charge in [-0.2, -0.15) is 0 Å². The van der Waals surface area contributed by atoms with E-state index in [4.69, 9.17) is 19.9 Å². The molecule has 1 fully saturated rings. The summed E-state index contributed by atoms with van der Waals surface area (Å²) in [7, 11) is 1.65. The average Bonchev–Trinajstić information content (AvgIpc) is 2.69. The van der Waals surface area contributed by atoms with Crippen LogP contribution in [0.25, 0.3) is 0 Å². The molecule has 18 heavy (non-hydrogen) atoms. The number of ether oxygens (including phenoxy) is 3. The number of benzene rings is 1. The Morgan fingerprint density at radius 1 is 1.44 bits per heavy atom. The molecule has 3 rings (SSSR count). The summed E-state index contributed by atoms with van der Waals surface area (Å²) in [5.74, 6) is 1.63. The summed E-state index contributed by atoms with van der Waals surface area (Å²) >= 11 is 0. The van der Waals surface area contributed by atoms with Gasteiger partial charge in [0.25, 0.3) is 0 Å². The van der Waals surface area contributed by atoms with Crippen LogP contribution in [0, 0.1) is 0 Å². The molecule has 1 aromatic rings. The normalized spacial score (nSPS) is 34.2. The SMILES string of the molecule is COc1ccc2c(c1)OC1(CCOC1C)CC2N. The second-order valence-corrected chi connectivity index (χ2v) is 5.14. The van der Waals surface area contributed by atoms with Gasteiger partial charge in [0.2, 0.25) is 0 Å². The van der Waals surface area contributed by atoms with E-state index in [1.54, 1.807) is 7.11 Å². The molecule has 4 heteroatoms. The van der Waals surface area contributed by atoms with Crippen LogP contribution in [-0.4, -0.2) is 25.4 Å². The fourth-order valence-electron chi connectivity index (χ4n) is 2.94. The smallest absolute Gasteiger partial charge is 0.139 e. The first-order chi connectivity index (χ1) is 8.64. The Balaban J connectivity index is 1.99. The topological polar surface area (TPSA) is 53.7 Å². The summed E-state index contributed by atoms with van der Waals surface area (Å²) in [6.07, 6.45) is 1.80. The average molecular weight is 249 g/mol. The van der Waals surface area contributed by atoms with Crippen molar-refractivity contribution in [3.63, 3.8) is 0 Å². The van der Waals surface area contributed by atoms with E-state index in [-0.39, 0.29) is 17.7 Å². The third-order valence-corrected chi connectivity index (χ3v) is 4.13. The van der Waals surface area contributed by atoms with Crippen molar-refractivity contribution in [2.24, 2.45) is 5.73 Å². The molecule has 1 spiro atoms. The van der Waals surface area contributed by atoms with Crippen LogP contribution in [0.4, 0.5) is 0 Å². The fraction of sp³-hybridized carbons (Fsp3) is 0.571. The van der Waals surface area contributed by atoms with Crippen molar-refractivity contribution in [2.75, 3.05) is 13.7 Å². The molecular weight excluding hydrogens is 230 g/mol. The predicted molar refractivity (Wildman–Crippen MR) is 67.9 cm³/mol. The molecule has 0 amide bonds. The minimum Gasteiger partial charge on any atom is -0.497 e. The van der Waals surface area contributed by atoms with Gasteiger partial charge in [0, 0.05) is 30.5 Å². The Morgan fingerprint density at radius 2 is 2.28 bits per heavy atom. The lowest BCUT2D eigenvalue weighted by Crippen LogP contribution is -2.47. The highest BCUT2D eigenvalue weighted by atomic mass is 16.6. The molecule has 3 unspecified atom stereocenters. The highest BCUT2D eigenvalue weighted by Gasteiger charge is 2.48. The monoisotopic (exact) mass is 249 g/mol. The van der Waals surface area contributed by atoms with Crippen LogP contribution in [0.1, 0.15) is 31.4 Å². The van der Waals surface area contributed by atoms with Crippen molar-refractivity contribution in [1.82, 2.24) is 0 Å². The van der Waals surface area contributed by atoms with Gasteiger partial charge in [-0.15, -0.1) is 0 Å². The molecule has 1 aromatic carbocycles. The summed E-state index contributed by atoms with van der Waals surface area (Å²) < 4.78 is 17.1. The second-order valence-electron chi connectivity index (χ2n) is 5.14. The highest BCUT2D eigenvalue weighted by Crippen LogP contribution is 2.45. The largest absolute Gasteiger partial charge is 0.497 e. The van der Waals surface area contributed by atoms with Crippen LogP contribution in [0.5, 0.6) is 11.5 Å². The van der Waals surface area contributed by atoms with Gasteiger partial charge in [0.05, 0.1) is 19.8 Å². The number of hydrogen-bond donors (Lipinski definition) is 1. The van der Waals surface area contributed by atoms with Crippen LogP contribution in [0.3, 0.4) is 0 Å². The van der Waals surface area contributed by atoms with Gasteiger partial charge in [0.1, 0.15) is 17.1 Å². The Labute approximate surface area is 107 Å². The lowest BCUT2D eigenvalue weighted by atomic mass is 9.83. The highest BCUT2D eigenvalue weighted by molar-refractivity contribution is 5.44. The van der Waals surface area contributed by atoms with E-state index in [1.165, 1.54) is 0 Å². The zero-order valence-electron chi connectivity index (χ0n) is 10.8. The summed E-state index contributed by atoms with van der Waals surface area (Å²) in [6, 6.07) is 5.84. The Bertz CT molecular complexity index is 462. The van der Waals surface area contributed by atoms with E-state index in [2.05, 4.69) is 6.92 Å². The summed E-state index contributed by atoms with van der Waals surface area (Å²) in [5, 5.41) is 0. The van der Waals surface area contributed by atoms with Crippen LogP contribution in [-0.2, 0) is 4.74 Å². The minimum atomic E-state index is -0.265. The molecule has 4 nitrogen and oxygen atoms in total. The maximum absolute atomic E-state index is 6.28. The Morgan fingerprint density at radius 3 is 2.94 bits per heavy atom. The molecule has 98 valence electrons. The molecule has 2 aliphatic heterocycles. The summed E-state index contributed by atoms with van der Waals surface area (Å²) in [4.78, 5) is 0. The summed E-state index contributed by atoms with van der Waals surface area (Å²) in [6.45, 7) is 2.80. The van der Waals surface area contributed by atoms with Crippen LogP contribution < -0.4 is 15.2 Å². The molecule has 2 N–H and O–H groups in total. The minimum absolute atomic E-state index is 0.00352. The third kappa shape index (κ3) is 1.68. The number of methoxy groups -OCH3 is 1. The molecule has 0 aliphatic carbocycles. The first-order valence-electron chi connectivity index (χ1n) is 6.39. The van der Waals surface area contributed by atoms with Crippen molar-refractivity contribution in [2.45, 2.75) is 37.5 Å². The van der Waals surface area contributed by atoms with Gasteiger partial charge in [-0.25, -0.2) is 0 Å². The first-order valence-corrected chi connectivity index (χ1v) is 6.39. The van der Waals surface area contributed by atoms with Crippen LogP contribution >= 0.6 is 0 Å². The van der Waals surface area contributed by atoms with Crippen LogP contribution in [0.15, 0.2) is 18.2 Å². The lowest BCUT2D eigenvalue weighted by Gasteiger charge is -2.40. The first kappa shape index (κ1) is 11.8. The van der Waals surface area contributed by atoms with E-state index in [0.717, 1.165) is 36.5 Å². The van der Waals surface area contributed by atoms with Gasteiger partial charge >= 0.3 is 0 Å². The Hall–Kier alpha value is -1.26. The number of fused-ring (bicyclic) bond motifs is 1. The molecule has 2 aliphatic rings. The van der Waals surface area contributed by atoms with Crippen molar-refractivity contribution in [1.29, 1.82) is 0 Å². The van der Waals surface area contributed by atoms with Crippen molar-refractivity contribution >= 4 is 0 Å². The van der Waals surface area contributed by atoms with Gasteiger partial charge in [-0.3, -0.25) is 0 Å². The number of hydrogen-bond acceptors (Lipinski definition) is 4. The molecule has 3 atom stereocenters.